The summed E-state index contributed by atoms with van der Waals surface area (Å²) < 4.78 is 35.6. The van der Waals surface area contributed by atoms with E-state index in [0.29, 0.717) is 24.7 Å². The van der Waals surface area contributed by atoms with Crippen LogP contribution in [-0.4, -0.2) is 104 Å². The highest BCUT2D eigenvalue weighted by atomic mass is 32.3. The average Bonchev–Trinajstić information content (AvgIpc) is 3.23. The summed E-state index contributed by atoms with van der Waals surface area (Å²) in [5.74, 6) is 2.62. The van der Waals surface area contributed by atoms with E-state index in [0.717, 1.165) is 85.3 Å². The number of Topliss-reactive ketones (excluding diaryl/α,β-unsaturated/α-hetero) is 2. The van der Waals surface area contributed by atoms with Gasteiger partial charge in [0, 0.05) is 36.1 Å². The van der Waals surface area contributed by atoms with Crippen molar-refractivity contribution in [2.75, 3.05) is 54.4 Å². The van der Waals surface area contributed by atoms with E-state index in [2.05, 4.69) is 83.6 Å². The molecule has 0 amide bonds. The molecule has 2 unspecified atom stereocenters. The molecular weight excluding hydrogens is 833 g/mol. The van der Waals surface area contributed by atoms with Gasteiger partial charge in [-0.05, 0) is 78.3 Å². The smallest absolute Gasteiger partial charge is 0.192 e. The first kappa shape index (κ1) is 68.3. The Bertz CT molecular complexity index is 1140. The third-order valence-corrected chi connectivity index (χ3v) is 15.1. The van der Waals surface area contributed by atoms with Crippen molar-refractivity contribution in [3.05, 3.63) is 0 Å². The zero-order chi connectivity index (χ0) is 50.3. The molecule has 4 N–H and O–H groups in total. The van der Waals surface area contributed by atoms with Crippen LogP contribution in [0, 0.1) is 11.8 Å². The second-order valence-electron chi connectivity index (χ2n) is 21.9. The number of nitrogens with zero attached hydrogens (tertiary/aromatic N) is 2. The van der Waals surface area contributed by atoms with E-state index in [1.807, 2.05) is 0 Å². The number of nitrogens with two attached hydrogens (primary N) is 2. The zero-order valence-electron chi connectivity index (χ0n) is 45.5. The maximum atomic E-state index is 13.1. The summed E-state index contributed by atoms with van der Waals surface area (Å²) in [6.07, 6.45) is 40.3. The lowest BCUT2D eigenvalue weighted by Crippen LogP contribution is -2.62. The molecule has 65 heavy (non-hydrogen) atoms. The molecular formula is C54H114N4O6S. The van der Waals surface area contributed by atoms with Gasteiger partial charge in [0.05, 0.1) is 41.3 Å². The van der Waals surface area contributed by atoms with Crippen LogP contribution in [-0.2, 0) is 20.0 Å². The van der Waals surface area contributed by atoms with Crippen LogP contribution in [0.4, 0.5) is 0 Å². The Morgan fingerprint density at radius 2 is 0.646 bits per heavy atom. The minimum Gasteiger partial charge on any atom is -0.759 e. The van der Waals surface area contributed by atoms with E-state index in [1.54, 1.807) is 0 Å². The van der Waals surface area contributed by atoms with Crippen LogP contribution in [0.15, 0.2) is 0 Å². The monoisotopic (exact) mass is 947 g/mol. The molecule has 0 bridgehead atoms. The highest BCUT2D eigenvalue weighted by Gasteiger charge is 2.46. The van der Waals surface area contributed by atoms with E-state index in [4.69, 9.17) is 29.0 Å². The second kappa shape index (κ2) is 40.9. The molecule has 0 heterocycles. The zero-order valence-corrected chi connectivity index (χ0v) is 46.3. The number of unbranched alkanes of at least 4 members (excludes halogenated alkanes) is 22. The van der Waals surface area contributed by atoms with Gasteiger partial charge in [-0.3, -0.25) is 18.0 Å². The van der Waals surface area contributed by atoms with Crippen molar-refractivity contribution in [1.29, 1.82) is 0 Å². The molecule has 392 valence electrons. The second-order valence-corrected chi connectivity index (χ2v) is 22.8. The van der Waals surface area contributed by atoms with Gasteiger partial charge in [0.25, 0.3) is 0 Å². The molecule has 2 atom stereocenters. The first-order valence-corrected chi connectivity index (χ1v) is 28.5. The number of quaternary nitrogens is 2. The van der Waals surface area contributed by atoms with E-state index in [1.165, 1.54) is 154 Å². The van der Waals surface area contributed by atoms with Gasteiger partial charge >= 0.3 is 0 Å². The molecule has 0 aromatic heterocycles. The maximum absolute atomic E-state index is 13.1. The fourth-order valence-corrected chi connectivity index (χ4v) is 8.90. The Hall–Kier alpha value is -0.950. The lowest BCUT2D eigenvalue weighted by molar-refractivity contribution is -0.928. The van der Waals surface area contributed by atoms with Gasteiger partial charge in [0.15, 0.2) is 22.6 Å². The van der Waals surface area contributed by atoms with Gasteiger partial charge in [-0.15, -0.1) is 0 Å². The molecule has 0 spiro atoms. The predicted molar refractivity (Wildman–Crippen MR) is 278 cm³/mol. The Balaban J connectivity index is -0.00000107. The van der Waals surface area contributed by atoms with Gasteiger partial charge in [0.1, 0.15) is 0 Å². The molecule has 0 aliphatic carbocycles. The third kappa shape index (κ3) is 37.6. The van der Waals surface area contributed by atoms with Gasteiger partial charge in [-0.2, -0.15) is 0 Å². The fraction of sp³-hybridized carbons (Fsp3) is 0.963. The van der Waals surface area contributed by atoms with E-state index >= 15 is 0 Å². The van der Waals surface area contributed by atoms with Crippen LogP contribution in [0.5, 0.6) is 0 Å². The molecule has 0 saturated heterocycles. The summed E-state index contributed by atoms with van der Waals surface area (Å²) in [6, 6.07) is 0. The minimum absolute atomic E-state index is 0.289. The fourth-order valence-electron chi connectivity index (χ4n) is 8.90. The Morgan fingerprint density at radius 3 is 0.831 bits per heavy atom. The predicted octanol–water partition coefficient (Wildman–Crippen LogP) is 13.2. The molecule has 0 radical (unpaired) electrons. The van der Waals surface area contributed by atoms with Gasteiger partial charge in [-0.25, -0.2) is 0 Å². The van der Waals surface area contributed by atoms with E-state index in [9.17, 15) is 9.59 Å². The molecule has 0 fully saturated rings. The van der Waals surface area contributed by atoms with Gasteiger partial charge in [0.2, 0.25) is 0 Å². The summed E-state index contributed by atoms with van der Waals surface area (Å²) in [4.78, 5) is 26.1. The number of ketones is 2. The van der Waals surface area contributed by atoms with Crippen LogP contribution in [0.25, 0.3) is 0 Å². The summed E-state index contributed by atoms with van der Waals surface area (Å²) in [7, 11) is 3.61. The highest BCUT2D eigenvalue weighted by molar-refractivity contribution is 7.79. The molecule has 10 nitrogen and oxygen atoms in total. The lowest BCUT2D eigenvalue weighted by atomic mass is 9.84. The van der Waals surface area contributed by atoms with Crippen molar-refractivity contribution < 1.29 is 36.1 Å². The number of hydrogen-bond donors (Lipinski definition) is 2. The number of carbonyl (C=O) groups is 2. The third-order valence-electron chi connectivity index (χ3n) is 15.1. The summed E-state index contributed by atoms with van der Waals surface area (Å²) in [6.45, 7) is 21.3. The minimum atomic E-state index is -5.17. The standard InChI is InChI=1S/2C27H57N2O.H2O4S/c2*1-7-29(5,6)27(4,23-20-24-28)26(30)22-19-17-15-13-11-9-8-10-12-14-16-18-21-25(2)3;1-5(2,3)4/h2*25H,7-24,28H2,1-6H3;(H2,1,2,3,4)/q2*+1;/p-2. The molecule has 0 aromatic rings. The topological polar surface area (TPSA) is 166 Å². The molecule has 0 rings (SSSR count). The Kier molecular flexibility index (Phi) is 43.0. The molecule has 0 aliphatic rings. The van der Waals surface area contributed by atoms with Crippen LogP contribution in [0.3, 0.4) is 0 Å². The van der Waals surface area contributed by atoms with Crippen molar-refractivity contribution in [3.63, 3.8) is 0 Å². The lowest BCUT2D eigenvalue weighted by Gasteiger charge is -2.45. The number of likely N-dealkylation sites (N-methyl/N-ethyl adjacent to an activating group) is 2. The van der Waals surface area contributed by atoms with Crippen LogP contribution >= 0.6 is 0 Å². The summed E-state index contributed by atoms with van der Waals surface area (Å²) in [5, 5.41) is 0. The van der Waals surface area contributed by atoms with Gasteiger partial charge < -0.3 is 29.5 Å². The van der Waals surface area contributed by atoms with Crippen LogP contribution < -0.4 is 11.5 Å². The van der Waals surface area contributed by atoms with Crippen molar-refractivity contribution in [2.24, 2.45) is 23.3 Å². The Labute approximate surface area is 406 Å². The molecule has 0 aliphatic heterocycles. The number of rotatable bonds is 42. The van der Waals surface area contributed by atoms with Crippen LogP contribution in [0.2, 0.25) is 0 Å². The summed E-state index contributed by atoms with van der Waals surface area (Å²) in [5.41, 5.74) is 10.9. The first-order chi connectivity index (χ1) is 30.4. The van der Waals surface area contributed by atoms with Crippen molar-refractivity contribution in [1.82, 2.24) is 0 Å². The molecule has 11 heteroatoms. The van der Waals surface area contributed by atoms with Gasteiger partial charge in [-0.1, -0.05) is 182 Å². The largest absolute Gasteiger partial charge is 0.759 e. The summed E-state index contributed by atoms with van der Waals surface area (Å²) >= 11 is 0. The Morgan fingerprint density at radius 1 is 0.446 bits per heavy atom. The highest BCUT2D eigenvalue weighted by Crippen LogP contribution is 2.31. The average molecular weight is 948 g/mol. The van der Waals surface area contributed by atoms with Crippen molar-refractivity contribution in [2.45, 2.75) is 272 Å². The van der Waals surface area contributed by atoms with Crippen molar-refractivity contribution >= 4 is 22.0 Å². The van der Waals surface area contributed by atoms with E-state index < -0.39 is 10.4 Å². The first-order valence-electron chi connectivity index (χ1n) is 27.2. The van der Waals surface area contributed by atoms with E-state index in [-0.39, 0.29) is 11.1 Å². The molecule has 0 saturated carbocycles. The normalized spacial score (nSPS) is 14.1. The SMILES string of the molecule is CC[N+](C)(C)C(C)(CCCN)C(=O)CCCCCCCCCCCCCCC(C)C.CC[N+](C)(C)C(C)(CCCN)C(=O)CCCCCCCCCCCCCCC(C)C.O=S(=O)([O-])[O-]. The van der Waals surface area contributed by atoms with Crippen molar-refractivity contribution in [3.8, 4) is 0 Å². The maximum Gasteiger partial charge on any atom is 0.192 e. The quantitative estimate of drug-likeness (QED) is 0.0264. The number of hydrogen-bond acceptors (Lipinski definition) is 8. The van der Waals surface area contributed by atoms with Crippen LogP contribution in [0.1, 0.15) is 261 Å². The molecule has 0 aromatic carbocycles. The number of carbonyl (C=O) groups excluding carboxylic acids is 2.